The third-order valence-electron chi connectivity index (χ3n) is 3.64. The number of hydrogen-bond donors (Lipinski definition) is 2. The Labute approximate surface area is 110 Å². The molecule has 0 radical (unpaired) electrons. The van der Waals surface area contributed by atoms with Crippen molar-refractivity contribution in [3.8, 4) is 0 Å². The zero-order valence-corrected chi connectivity index (χ0v) is 11.9. The molecule has 1 aliphatic heterocycles. The Morgan fingerprint density at radius 3 is 2.83 bits per heavy atom. The highest BCUT2D eigenvalue weighted by molar-refractivity contribution is 5.84. The average molecular weight is 257 g/mol. The van der Waals surface area contributed by atoms with Crippen LogP contribution in [0.4, 0.5) is 0 Å². The Balaban J connectivity index is 2.34. The molecular formula is C13H27N3O2. The fraction of sp³-hybridized carbons (Fsp3) is 0.923. The van der Waals surface area contributed by atoms with E-state index in [1.165, 1.54) is 0 Å². The third-order valence-corrected chi connectivity index (χ3v) is 3.64. The Morgan fingerprint density at radius 1 is 1.61 bits per heavy atom. The highest BCUT2D eigenvalue weighted by Crippen LogP contribution is 2.14. The van der Waals surface area contributed by atoms with Gasteiger partial charge in [-0.05, 0) is 39.8 Å². The smallest absolute Gasteiger partial charge is 0.237 e. The van der Waals surface area contributed by atoms with E-state index >= 15 is 0 Å². The van der Waals surface area contributed by atoms with E-state index in [1.807, 2.05) is 13.8 Å². The van der Waals surface area contributed by atoms with Crippen LogP contribution in [0.25, 0.3) is 0 Å². The predicted molar refractivity (Wildman–Crippen MR) is 72.4 cm³/mol. The minimum atomic E-state index is -0.612. The summed E-state index contributed by atoms with van der Waals surface area (Å²) in [5, 5.41) is 3.17. The first-order valence-electron chi connectivity index (χ1n) is 6.83. The number of nitrogens with one attached hydrogen (secondary N) is 1. The molecule has 18 heavy (non-hydrogen) atoms. The Hall–Kier alpha value is -0.650. The number of nitrogens with zero attached hydrogens (tertiary/aromatic N) is 1. The van der Waals surface area contributed by atoms with E-state index in [4.69, 9.17) is 10.5 Å². The van der Waals surface area contributed by atoms with E-state index in [0.29, 0.717) is 6.10 Å². The molecule has 0 aliphatic carbocycles. The van der Waals surface area contributed by atoms with Gasteiger partial charge in [0.05, 0.1) is 11.6 Å². The lowest BCUT2D eigenvalue weighted by atomic mass is 9.96. The van der Waals surface area contributed by atoms with Crippen LogP contribution in [0.2, 0.25) is 0 Å². The third kappa shape index (κ3) is 4.55. The molecule has 5 nitrogen and oxygen atoms in total. The summed E-state index contributed by atoms with van der Waals surface area (Å²) in [5.41, 5.74) is 4.85. The quantitative estimate of drug-likeness (QED) is 0.658. The molecule has 1 rings (SSSR count). The fourth-order valence-corrected chi connectivity index (χ4v) is 2.33. The molecule has 1 saturated heterocycles. The normalized spacial score (nSPS) is 23.2. The molecule has 0 saturated carbocycles. The molecule has 2 unspecified atom stereocenters. The lowest BCUT2D eigenvalue weighted by molar-refractivity contribution is -0.124. The molecule has 0 spiro atoms. The van der Waals surface area contributed by atoms with Gasteiger partial charge in [-0.3, -0.25) is 4.79 Å². The first-order valence-corrected chi connectivity index (χ1v) is 6.83. The van der Waals surface area contributed by atoms with Gasteiger partial charge in [0.25, 0.3) is 0 Å². The number of ether oxygens (including phenoxy) is 1. The lowest BCUT2D eigenvalue weighted by Crippen LogP contribution is -2.54. The molecule has 1 heterocycles. The number of carbonyl (C=O) groups excluding carboxylic acids is 1. The SMILES string of the molecule is CCNC(C)(CCN(C)CC1CCCO1)C(N)=O. The summed E-state index contributed by atoms with van der Waals surface area (Å²) in [6, 6.07) is 0. The maximum absolute atomic E-state index is 11.5. The zero-order valence-electron chi connectivity index (χ0n) is 11.9. The van der Waals surface area contributed by atoms with E-state index in [9.17, 15) is 4.79 Å². The maximum Gasteiger partial charge on any atom is 0.237 e. The first kappa shape index (κ1) is 15.4. The van der Waals surface area contributed by atoms with Crippen molar-refractivity contribution in [3.05, 3.63) is 0 Å². The summed E-state index contributed by atoms with van der Waals surface area (Å²) in [5.74, 6) is -0.283. The van der Waals surface area contributed by atoms with Crippen molar-refractivity contribution in [1.29, 1.82) is 0 Å². The number of nitrogens with two attached hydrogens (primary N) is 1. The minimum Gasteiger partial charge on any atom is -0.377 e. The van der Waals surface area contributed by atoms with Crippen LogP contribution in [0, 0.1) is 0 Å². The van der Waals surface area contributed by atoms with Gasteiger partial charge in [-0.1, -0.05) is 6.92 Å². The summed E-state index contributed by atoms with van der Waals surface area (Å²) < 4.78 is 5.60. The number of rotatable bonds is 8. The second kappa shape index (κ2) is 7.07. The molecule has 3 N–H and O–H groups in total. The number of likely N-dealkylation sites (N-methyl/N-ethyl adjacent to an activating group) is 2. The summed E-state index contributed by atoms with van der Waals surface area (Å²) in [7, 11) is 2.06. The van der Waals surface area contributed by atoms with Crippen LogP contribution < -0.4 is 11.1 Å². The predicted octanol–water partition coefficient (Wildman–Crippen LogP) is 0.341. The number of hydrogen-bond acceptors (Lipinski definition) is 4. The van der Waals surface area contributed by atoms with Gasteiger partial charge in [-0.25, -0.2) is 0 Å². The van der Waals surface area contributed by atoms with Crippen LogP contribution in [-0.4, -0.2) is 55.7 Å². The van der Waals surface area contributed by atoms with Gasteiger partial charge >= 0.3 is 0 Å². The number of amides is 1. The average Bonchev–Trinajstić information content (AvgIpc) is 2.79. The molecule has 1 amide bonds. The minimum absolute atomic E-state index is 0.283. The molecule has 0 bridgehead atoms. The van der Waals surface area contributed by atoms with Gasteiger partial charge in [0, 0.05) is 19.7 Å². The summed E-state index contributed by atoms with van der Waals surface area (Å²) >= 11 is 0. The van der Waals surface area contributed by atoms with Crippen molar-refractivity contribution in [2.24, 2.45) is 5.73 Å². The molecule has 2 atom stereocenters. The molecule has 106 valence electrons. The van der Waals surface area contributed by atoms with Crippen molar-refractivity contribution < 1.29 is 9.53 Å². The molecular weight excluding hydrogens is 230 g/mol. The lowest BCUT2D eigenvalue weighted by Gasteiger charge is -2.30. The van der Waals surface area contributed by atoms with Gasteiger partial charge in [0.2, 0.25) is 5.91 Å². The first-order chi connectivity index (χ1) is 8.48. The van der Waals surface area contributed by atoms with Crippen molar-refractivity contribution in [2.45, 2.75) is 44.8 Å². The van der Waals surface area contributed by atoms with Crippen molar-refractivity contribution in [1.82, 2.24) is 10.2 Å². The van der Waals surface area contributed by atoms with Crippen LogP contribution in [0.5, 0.6) is 0 Å². The van der Waals surface area contributed by atoms with Crippen LogP contribution in [0.1, 0.15) is 33.1 Å². The van der Waals surface area contributed by atoms with E-state index in [2.05, 4.69) is 17.3 Å². The fourth-order valence-electron chi connectivity index (χ4n) is 2.33. The van der Waals surface area contributed by atoms with Gasteiger partial charge in [0.1, 0.15) is 0 Å². The highest BCUT2D eigenvalue weighted by atomic mass is 16.5. The van der Waals surface area contributed by atoms with Crippen molar-refractivity contribution in [3.63, 3.8) is 0 Å². The number of carbonyl (C=O) groups is 1. The summed E-state index contributed by atoms with van der Waals surface area (Å²) in [4.78, 5) is 13.7. The van der Waals surface area contributed by atoms with Crippen LogP contribution >= 0.6 is 0 Å². The Morgan fingerprint density at radius 2 is 2.33 bits per heavy atom. The standard InChI is InChI=1S/C13H27N3O2/c1-4-15-13(2,12(14)17)7-8-16(3)10-11-6-5-9-18-11/h11,15H,4-10H2,1-3H3,(H2,14,17). The summed E-state index contributed by atoms with van der Waals surface area (Å²) in [6.45, 7) is 7.26. The van der Waals surface area contributed by atoms with Crippen LogP contribution in [-0.2, 0) is 9.53 Å². The molecule has 1 fully saturated rings. The topological polar surface area (TPSA) is 67.6 Å². The highest BCUT2D eigenvalue weighted by Gasteiger charge is 2.30. The maximum atomic E-state index is 11.5. The molecule has 0 aromatic heterocycles. The largest absolute Gasteiger partial charge is 0.377 e. The van der Waals surface area contributed by atoms with E-state index in [-0.39, 0.29) is 5.91 Å². The molecule has 0 aromatic carbocycles. The molecule has 0 aromatic rings. The van der Waals surface area contributed by atoms with E-state index in [0.717, 1.165) is 45.5 Å². The van der Waals surface area contributed by atoms with Crippen molar-refractivity contribution >= 4 is 5.91 Å². The van der Waals surface area contributed by atoms with Gasteiger partial charge in [-0.2, -0.15) is 0 Å². The number of primary amides is 1. The Bertz CT molecular complexity index is 267. The van der Waals surface area contributed by atoms with Gasteiger partial charge in [-0.15, -0.1) is 0 Å². The Kier molecular flexibility index (Phi) is 6.05. The van der Waals surface area contributed by atoms with E-state index in [1.54, 1.807) is 0 Å². The zero-order chi connectivity index (χ0) is 13.6. The molecule has 1 aliphatic rings. The van der Waals surface area contributed by atoms with Crippen molar-refractivity contribution in [2.75, 3.05) is 33.3 Å². The monoisotopic (exact) mass is 257 g/mol. The summed E-state index contributed by atoms with van der Waals surface area (Å²) in [6.07, 6.45) is 3.38. The van der Waals surface area contributed by atoms with Gasteiger partial charge < -0.3 is 20.7 Å². The second-order valence-electron chi connectivity index (χ2n) is 5.37. The second-order valence-corrected chi connectivity index (χ2v) is 5.37. The molecule has 5 heteroatoms. The van der Waals surface area contributed by atoms with Crippen LogP contribution in [0.3, 0.4) is 0 Å². The van der Waals surface area contributed by atoms with Gasteiger partial charge in [0.15, 0.2) is 0 Å². The van der Waals surface area contributed by atoms with Crippen LogP contribution in [0.15, 0.2) is 0 Å². The van der Waals surface area contributed by atoms with E-state index < -0.39 is 5.54 Å².